The highest BCUT2D eigenvalue weighted by molar-refractivity contribution is 5.97. The molecule has 0 aliphatic carbocycles. The van der Waals surface area contributed by atoms with Gasteiger partial charge in [0.2, 0.25) is 0 Å². The molecule has 1 N–H and O–H groups in total. The minimum Gasteiger partial charge on any atom is -0.348 e. The standard InChI is InChI=1S/C33H41N5O/c1-4-19-37(20-5-2)22-28-10-8-27(9-11-28)21-32(39)30-14-12-29(13-15-30)23-38(25-33-35-17-18-36-33)24-31-26(3)7-6-16-34-31/h6-18H,4-5,19-25H2,1-3H3,(H,35,36). The molecule has 0 saturated heterocycles. The number of rotatable bonds is 15. The average molecular weight is 524 g/mol. The number of hydrogen-bond acceptors (Lipinski definition) is 5. The molecule has 0 atom stereocenters. The van der Waals surface area contributed by atoms with Crippen LogP contribution in [0.1, 0.15) is 70.8 Å². The third kappa shape index (κ3) is 8.70. The van der Waals surface area contributed by atoms with Gasteiger partial charge in [0.25, 0.3) is 0 Å². The zero-order chi connectivity index (χ0) is 27.5. The minimum absolute atomic E-state index is 0.143. The molecule has 2 aromatic heterocycles. The Morgan fingerprint density at radius 3 is 2.00 bits per heavy atom. The number of nitrogens with one attached hydrogen (secondary N) is 1. The van der Waals surface area contributed by atoms with Crippen molar-refractivity contribution in [2.24, 2.45) is 0 Å². The molecule has 204 valence electrons. The molecule has 0 saturated carbocycles. The van der Waals surface area contributed by atoms with Crippen molar-refractivity contribution in [3.63, 3.8) is 0 Å². The summed E-state index contributed by atoms with van der Waals surface area (Å²) in [5.41, 5.74) is 6.50. The number of aromatic nitrogens is 3. The van der Waals surface area contributed by atoms with E-state index in [1.54, 1.807) is 6.20 Å². The number of ketones is 1. The number of imidazole rings is 1. The first-order valence-electron chi connectivity index (χ1n) is 14.1. The van der Waals surface area contributed by atoms with Crippen LogP contribution >= 0.6 is 0 Å². The van der Waals surface area contributed by atoms with Crippen LogP contribution in [0.25, 0.3) is 0 Å². The van der Waals surface area contributed by atoms with Gasteiger partial charge in [-0.3, -0.25) is 19.6 Å². The molecule has 0 spiro atoms. The largest absolute Gasteiger partial charge is 0.348 e. The van der Waals surface area contributed by atoms with Crippen LogP contribution in [-0.2, 0) is 32.6 Å². The fourth-order valence-corrected chi connectivity index (χ4v) is 4.92. The molecule has 0 aliphatic rings. The molecular weight excluding hydrogens is 482 g/mol. The van der Waals surface area contributed by atoms with E-state index in [9.17, 15) is 4.79 Å². The molecule has 4 rings (SSSR count). The van der Waals surface area contributed by atoms with Crippen LogP contribution in [0.4, 0.5) is 0 Å². The van der Waals surface area contributed by atoms with E-state index in [0.29, 0.717) is 13.0 Å². The first-order valence-corrected chi connectivity index (χ1v) is 14.1. The first kappa shape index (κ1) is 28.4. The van der Waals surface area contributed by atoms with Gasteiger partial charge in [0.15, 0.2) is 5.78 Å². The number of H-pyrrole nitrogens is 1. The van der Waals surface area contributed by atoms with Crippen molar-refractivity contribution in [2.45, 2.75) is 66.2 Å². The Bertz CT molecular complexity index is 1280. The molecule has 4 aromatic rings. The van der Waals surface area contributed by atoms with Crippen molar-refractivity contribution in [2.75, 3.05) is 13.1 Å². The van der Waals surface area contributed by atoms with Crippen LogP contribution in [0.5, 0.6) is 0 Å². The molecule has 39 heavy (non-hydrogen) atoms. The molecule has 0 radical (unpaired) electrons. The Morgan fingerprint density at radius 2 is 1.38 bits per heavy atom. The SMILES string of the molecule is CCCN(CCC)Cc1ccc(CC(=O)c2ccc(CN(Cc3ncc[nH]3)Cc3ncccc3C)cc2)cc1. The van der Waals surface area contributed by atoms with Crippen LogP contribution in [0.2, 0.25) is 0 Å². The van der Waals surface area contributed by atoms with Crippen LogP contribution in [-0.4, -0.2) is 43.6 Å². The number of aryl methyl sites for hydroxylation is 1. The summed E-state index contributed by atoms with van der Waals surface area (Å²) < 4.78 is 0. The second kappa shape index (κ2) is 14.5. The average Bonchev–Trinajstić information content (AvgIpc) is 3.45. The van der Waals surface area contributed by atoms with Gasteiger partial charge in [-0.1, -0.05) is 68.4 Å². The quantitative estimate of drug-likeness (QED) is 0.184. The molecule has 0 aliphatic heterocycles. The summed E-state index contributed by atoms with van der Waals surface area (Å²) >= 11 is 0. The lowest BCUT2D eigenvalue weighted by Gasteiger charge is -2.22. The Morgan fingerprint density at radius 1 is 0.744 bits per heavy atom. The highest BCUT2D eigenvalue weighted by Gasteiger charge is 2.13. The molecular formula is C33H41N5O. The number of pyridine rings is 1. The number of carbonyl (C=O) groups is 1. The van der Waals surface area contributed by atoms with Gasteiger partial charge in [-0.25, -0.2) is 4.98 Å². The Hall–Kier alpha value is -3.61. The van der Waals surface area contributed by atoms with Crippen LogP contribution in [0.15, 0.2) is 79.3 Å². The van der Waals surface area contributed by atoms with Gasteiger partial charge in [0.05, 0.1) is 12.2 Å². The summed E-state index contributed by atoms with van der Waals surface area (Å²) in [5.74, 6) is 1.06. The highest BCUT2D eigenvalue weighted by atomic mass is 16.1. The van der Waals surface area contributed by atoms with Crippen LogP contribution in [0, 0.1) is 6.92 Å². The lowest BCUT2D eigenvalue weighted by atomic mass is 10.0. The van der Waals surface area contributed by atoms with Crippen molar-refractivity contribution in [1.29, 1.82) is 0 Å². The summed E-state index contributed by atoms with van der Waals surface area (Å²) in [4.78, 5) is 30.0. The predicted octanol–water partition coefficient (Wildman–Crippen LogP) is 6.36. The lowest BCUT2D eigenvalue weighted by Crippen LogP contribution is -2.24. The van der Waals surface area contributed by atoms with Crippen molar-refractivity contribution in [1.82, 2.24) is 24.8 Å². The Kier molecular flexibility index (Phi) is 10.6. The molecule has 0 fully saturated rings. The van der Waals surface area contributed by atoms with E-state index < -0.39 is 0 Å². The second-order valence-corrected chi connectivity index (χ2v) is 10.3. The summed E-state index contributed by atoms with van der Waals surface area (Å²) in [6.45, 7) is 11.9. The third-order valence-corrected chi connectivity index (χ3v) is 6.98. The van der Waals surface area contributed by atoms with E-state index in [0.717, 1.165) is 73.8 Å². The smallest absolute Gasteiger partial charge is 0.167 e. The normalized spacial score (nSPS) is 11.4. The molecule has 6 nitrogen and oxygen atoms in total. The molecule has 0 bridgehead atoms. The first-order chi connectivity index (χ1) is 19.0. The molecule has 2 aromatic carbocycles. The van der Waals surface area contributed by atoms with Crippen molar-refractivity contribution in [3.8, 4) is 0 Å². The monoisotopic (exact) mass is 523 g/mol. The van der Waals surface area contributed by atoms with Gasteiger partial charge in [-0.15, -0.1) is 0 Å². The minimum atomic E-state index is 0.143. The van der Waals surface area contributed by atoms with E-state index in [1.165, 1.54) is 11.1 Å². The van der Waals surface area contributed by atoms with Crippen molar-refractivity contribution < 1.29 is 4.79 Å². The van der Waals surface area contributed by atoms with E-state index in [2.05, 4.69) is 88.0 Å². The van der Waals surface area contributed by atoms with Gasteiger partial charge in [-0.05, 0) is 61.2 Å². The van der Waals surface area contributed by atoms with Crippen LogP contribution in [0.3, 0.4) is 0 Å². The number of hydrogen-bond donors (Lipinski definition) is 1. The third-order valence-electron chi connectivity index (χ3n) is 6.98. The zero-order valence-electron chi connectivity index (χ0n) is 23.6. The summed E-state index contributed by atoms with van der Waals surface area (Å²) in [6.07, 6.45) is 8.21. The van der Waals surface area contributed by atoms with E-state index >= 15 is 0 Å². The number of benzene rings is 2. The number of aromatic amines is 1. The molecule has 6 heteroatoms. The van der Waals surface area contributed by atoms with Crippen LogP contribution < -0.4 is 0 Å². The van der Waals surface area contributed by atoms with Gasteiger partial charge in [0.1, 0.15) is 5.82 Å². The van der Waals surface area contributed by atoms with Gasteiger partial charge in [0, 0.05) is 50.2 Å². The predicted molar refractivity (Wildman–Crippen MR) is 157 cm³/mol. The Balaban J connectivity index is 1.36. The fourth-order valence-electron chi connectivity index (χ4n) is 4.92. The zero-order valence-corrected chi connectivity index (χ0v) is 23.6. The lowest BCUT2D eigenvalue weighted by molar-refractivity contribution is 0.0993. The maximum absolute atomic E-state index is 13.0. The maximum Gasteiger partial charge on any atom is 0.167 e. The maximum atomic E-state index is 13.0. The van der Waals surface area contributed by atoms with Crippen molar-refractivity contribution >= 4 is 5.78 Å². The molecule has 2 heterocycles. The van der Waals surface area contributed by atoms with E-state index in [-0.39, 0.29) is 5.78 Å². The van der Waals surface area contributed by atoms with Gasteiger partial charge >= 0.3 is 0 Å². The fraction of sp³-hybridized carbons (Fsp3) is 0.364. The number of nitrogens with zero attached hydrogens (tertiary/aromatic N) is 4. The molecule has 0 amide bonds. The van der Waals surface area contributed by atoms with Crippen molar-refractivity contribution in [3.05, 3.63) is 119 Å². The highest BCUT2D eigenvalue weighted by Crippen LogP contribution is 2.16. The second-order valence-electron chi connectivity index (χ2n) is 10.3. The summed E-state index contributed by atoms with van der Waals surface area (Å²) in [5, 5.41) is 0. The summed E-state index contributed by atoms with van der Waals surface area (Å²) in [7, 11) is 0. The number of carbonyl (C=O) groups excluding carboxylic acids is 1. The van der Waals surface area contributed by atoms with Gasteiger partial charge < -0.3 is 4.98 Å². The van der Waals surface area contributed by atoms with E-state index in [4.69, 9.17) is 0 Å². The summed E-state index contributed by atoms with van der Waals surface area (Å²) in [6, 6.07) is 20.6. The topological polar surface area (TPSA) is 65.1 Å². The molecule has 0 unspecified atom stereocenters. The van der Waals surface area contributed by atoms with Gasteiger partial charge in [-0.2, -0.15) is 0 Å². The van der Waals surface area contributed by atoms with E-state index in [1.807, 2.05) is 30.6 Å². The number of Topliss-reactive ketones (excluding diaryl/α,β-unsaturated/α-hetero) is 1. The Labute approximate surface area is 233 Å².